The maximum atomic E-state index is 10.6. The number of halogens is 2. The Morgan fingerprint density at radius 3 is 2.74 bits per heavy atom. The van der Waals surface area contributed by atoms with E-state index in [0.717, 1.165) is 5.75 Å². The molecular weight excluding hydrogens is 299 g/mol. The first-order valence-corrected chi connectivity index (χ1v) is 7.76. The lowest BCUT2D eigenvalue weighted by atomic mass is 9.91. The van der Waals surface area contributed by atoms with Crippen molar-refractivity contribution in [2.45, 2.75) is 16.9 Å². The first kappa shape index (κ1) is 13.3. The Morgan fingerprint density at radius 1 is 1.11 bits per heavy atom. The number of benzene rings is 2. The molecule has 1 aliphatic heterocycles. The van der Waals surface area contributed by atoms with Crippen LogP contribution >= 0.6 is 35.0 Å². The van der Waals surface area contributed by atoms with E-state index in [1.807, 2.05) is 24.3 Å². The molecule has 2 unspecified atom stereocenters. The van der Waals surface area contributed by atoms with Crippen LogP contribution in [0.3, 0.4) is 0 Å². The summed E-state index contributed by atoms with van der Waals surface area (Å²) < 4.78 is 0. The van der Waals surface area contributed by atoms with E-state index in [4.69, 9.17) is 23.2 Å². The van der Waals surface area contributed by atoms with Crippen LogP contribution in [0, 0.1) is 0 Å². The summed E-state index contributed by atoms with van der Waals surface area (Å²) in [6.07, 6.45) is -0.623. The smallest absolute Gasteiger partial charge is 0.0881 e. The van der Waals surface area contributed by atoms with Gasteiger partial charge >= 0.3 is 0 Å². The molecule has 0 fully saturated rings. The monoisotopic (exact) mass is 310 g/mol. The topological polar surface area (TPSA) is 20.2 Å². The summed E-state index contributed by atoms with van der Waals surface area (Å²) in [5.74, 6) is 0.931. The number of rotatable bonds is 2. The lowest BCUT2D eigenvalue weighted by molar-refractivity contribution is 0.154. The number of fused-ring (bicyclic) bond motifs is 1. The standard InChI is InChI=1S/C15H12Cl2OS/c16-12-6-3-5-10(14(12)17)15(18)11-8-19-13-7-2-1-4-9(11)13/h1-7,11,15,18H,8H2. The van der Waals surface area contributed by atoms with Gasteiger partial charge in [-0.05, 0) is 17.7 Å². The molecule has 0 saturated heterocycles. The highest BCUT2D eigenvalue weighted by atomic mass is 35.5. The lowest BCUT2D eigenvalue weighted by Crippen LogP contribution is -2.11. The molecule has 2 aromatic rings. The number of aliphatic hydroxyl groups is 1. The summed E-state index contributed by atoms with van der Waals surface area (Å²) in [6.45, 7) is 0. The van der Waals surface area contributed by atoms with Crippen molar-refractivity contribution in [3.8, 4) is 0 Å². The minimum atomic E-state index is -0.623. The number of hydrogen-bond acceptors (Lipinski definition) is 2. The van der Waals surface area contributed by atoms with Gasteiger partial charge in [0.1, 0.15) is 0 Å². The van der Waals surface area contributed by atoms with E-state index < -0.39 is 6.10 Å². The minimum absolute atomic E-state index is 0.0668. The molecule has 2 aromatic carbocycles. The van der Waals surface area contributed by atoms with Gasteiger partial charge < -0.3 is 5.11 Å². The summed E-state index contributed by atoms with van der Waals surface area (Å²) in [4.78, 5) is 1.24. The van der Waals surface area contributed by atoms with Gasteiger partial charge in [0.2, 0.25) is 0 Å². The molecule has 0 spiro atoms. The predicted molar refractivity (Wildman–Crippen MR) is 81.3 cm³/mol. The van der Waals surface area contributed by atoms with Crippen LogP contribution in [-0.4, -0.2) is 10.9 Å². The average Bonchev–Trinajstić information content (AvgIpc) is 2.85. The number of thioether (sulfide) groups is 1. The molecule has 2 atom stereocenters. The van der Waals surface area contributed by atoms with Crippen LogP contribution in [0.25, 0.3) is 0 Å². The fourth-order valence-electron chi connectivity index (χ4n) is 2.41. The van der Waals surface area contributed by atoms with E-state index in [0.29, 0.717) is 15.6 Å². The Kier molecular flexibility index (Phi) is 3.77. The summed E-state index contributed by atoms with van der Waals surface area (Å²) in [5.41, 5.74) is 1.90. The summed E-state index contributed by atoms with van der Waals surface area (Å²) in [6, 6.07) is 13.6. The molecule has 1 nitrogen and oxygen atoms in total. The van der Waals surface area contributed by atoms with Crippen molar-refractivity contribution in [1.29, 1.82) is 0 Å². The van der Waals surface area contributed by atoms with Crippen molar-refractivity contribution in [1.82, 2.24) is 0 Å². The van der Waals surface area contributed by atoms with Gasteiger partial charge in [-0.15, -0.1) is 11.8 Å². The molecule has 3 rings (SSSR count). The molecular formula is C15H12Cl2OS. The van der Waals surface area contributed by atoms with Gasteiger partial charge in [0.15, 0.2) is 0 Å². The molecule has 0 amide bonds. The zero-order chi connectivity index (χ0) is 13.4. The molecule has 0 aromatic heterocycles. The van der Waals surface area contributed by atoms with Gasteiger partial charge in [-0.3, -0.25) is 0 Å². The molecule has 98 valence electrons. The highest BCUT2D eigenvalue weighted by molar-refractivity contribution is 7.99. The first-order valence-electron chi connectivity index (χ1n) is 6.02. The van der Waals surface area contributed by atoms with Crippen LogP contribution in [0.15, 0.2) is 47.4 Å². The molecule has 0 saturated carbocycles. The van der Waals surface area contributed by atoms with Gasteiger partial charge in [0.25, 0.3) is 0 Å². The molecule has 0 aliphatic carbocycles. The molecule has 0 radical (unpaired) electrons. The predicted octanol–water partition coefficient (Wildman–Crippen LogP) is 4.92. The number of hydrogen-bond donors (Lipinski definition) is 1. The second kappa shape index (κ2) is 5.37. The summed E-state index contributed by atoms with van der Waals surface area (Å²) >= 11 is 14.0. The fourth-order valence-corrected chi connectivity index (χ4v) is 4.12. The minimum Gasteiger partial charge on any atom is -0.388 e. The van der Waals surface area contributed by atoms with E-state index in [2.05, 4.69) is 12.1 Å². The van der Waals surface area contributed by atoms with Crippen LogP contribution in [-0.2, 0) is 0 Å². The van der Waals surface area contributed by atoms with Crippen molar-refractivity contribution in [2.75, 3.05) is 5.75 Å². The first-order chi connectivity index (χ1) is 9.18. The Labute approximate surface area is 126 Å². The van der Waals surface area contributed by atoms with Crippen molar-refractivity contribution in [3.63, 3.8) is 0 Å². The van der Waals surface area contributed by atoms with Crippen LogP contribution in [0.2, 0.25) is 10.0 Å². The lowest BCUT2D eigenvalue weighted by Gasteiger charge is -2.20. The summed E-state index contributed by atoms with van der Waals surface area (Å²) in [5, 5.41) is 11.5. The average molecular weight is 311 g/mol. The van der Waals surface area contributed by atoms with Crippen LogP contribution in [0.4, 0.5) is 0 Å². The van der Waals surface area contributed by atoms with Gasteiger partial charge in [-0.2, -0.15) is 0 Å². The van der Waals surface area contributed by atoms with E-state index in [1.165, 1.54) is 10.5 Å². The molecule has 1 heterocycles. The third-order valence-electron chi connectivity index (χ3n) is 3.42. The van der Waals surface area contributed by atoms with Gasteiger partial charge in [0.05, 0.1) is 16.1 Å². The third kappa shape index (κ3) is 2.38. The highest BCUT2D eigenvalue weighted by Crippen LogP contribution is 2.47. The number of aliphatic hydroxyl groups excluding tert-OH is 1. The zero-order valence-corrected chi connectivity index (χ0v) is 12.3. The van der Waals surface area contributed by atoms with E-state index >= 15 is 0 Å². The van der Waals surface area contributed by atoms with Crippen LogP contribution in [0.1, 0.15) is 23.1 Å². The van der Waals surface area contributed by atoms with E-state index in [9.17, 15) is 5.11 Å². The van der Waals surface area contributed by atoms with Crippen molar-refractivity contribution in [3.05, 3.63) is 63.6 Å². The molecule has 4 heteroatoms. The van der Waals surface area contributed by atoms with Gasteiger partial charge in [0, 0.05) is 22.1 Å². The molecule has 0 bridgehead atoms. The molecule has 19 heavy (non-hydrogen) atoms. The van der Waals surface area contributed by atoms with Gasteiger partial charge in [-0.25, -0.2) is 0 Å². The zero-order valence-electron chi connectivity index (χ0n) is 10.0. The Balaban J connectivity index is 1.98. The van der Waals surface area contributed by atoms with E-state index in [1.54, 1.807) is 17.8 Å². The molecule has 1 N–H and O–H groups in total. The highest BCUT2D eigenvalue weighted by Gasteiger charge is 2.31. The fraction of sp³-hybridized carbons (Fsp3) is 0.200. The Hall–Kier alpha value is -0.670. The largest absolute Gasteiger partial charge is 0.388 e. The third-order valence-corrected chi connectivity index (χ3v) is 5.46. The summed E-state index contributed by atoms with van der Waals surface area (Å²) in [7, 11) is 0. The second-order valence-corrected chi connectivity index (χ2v) is 6.39. The maximum absolute atomic E-state index is 10.6. The van der Waals surface area contributed by atoms with Gasteiger partial charge in [-0.1, -0.05) is 53.5 Å². The van der Waals surface area contributed by atoms with Crippen molar-refractivity contribution in [2.24, 2.45) is 0 Å². The SMILES string of the molecule is OC(c1cccc(Cl)c1Cl)C1CSc2ccccc21. The quantitative estimate of drug-likeness (QED) is 0.850. The van der Waals surface area contributed by atoms with Crippen molar-refractivity contribution >= 4 is 35.0 Å². The van der Waals surface area contributed by atoms with Crippen LogP contribution in [0.5, 0.6) is 0 Å². The van der Waals surface area contributed by atoms with Crippen molar-refractivity contribution < 1.29 is 5.11 Å². The normalized spacial score (nSPS) is 19.2. The van der Waals surface area contributed by atoms with E-state index in [-0.39, 0.29) is 5.92 Å². The second-order valence-electron chi connectivity index (χ2n) is 4.54. The molecule has 1 aliphatic rings. The maximum Gasteiger partial charge on any atom is 0.0881 e. The Morgan fingerprint density at radius 2 is 1.89 bits per heavy atom. The Bertz CT molecular complexity index is 615. The van der Waals surface area contributed by atoms with Crippen LogP contribution < -0.4 is 0 Å².